The average Bonchev–Trinajstić information content (AvgIpc) is 2.73. The van der Waals surface area contributed by atoms with Gasteiger partial charge < -0.3 is 5.11 Å². The van der Waals surface area contributed by atoms with Crippen LogP contribution in [-0.4, -0.2) is 21.4 Å². The Labute approximate surface area is 169 Å². The molecule has 0 saturated heterocycles. The predicted octanol–water partition coefficient (Wildman–Crippen LogP) is 5.20. The number of allylic oxidation sites excluding steroid dienone is 4. The van der Waals surface area contributed by atoms with E-state index in [0.717, 1.165) is 16.3 Å². The molecule has 0 radical (unpaired) electrons. The molecule has 0 aromatic heterocycles. The van der Waals surface area contributed by atoms with E-state index in [0.29, 0.717) is 11.1 Å². The van der Waals surface area contributed by atoms with Gasteiger partial charge in [0.2, 0.25) is 5.66 Å². The molecule has 0 saturated carbocycles. The number of hydrogen-bond donors (Lipinski definition) is 2. The van der Waals surface area contributed by atoms with Crippen molar-refractivity contribution in [2.24, 2.45) is 0 Å². The number of rotatable bonds is 4. The van der Waals surface area contributed by atoms with Crippen LogP contribution in [0, 0.1) is 6.92 Å². The number of para-hydroxylation sites is 1. The fourth-order valence-electron chi connectivity index (χ4n) is 4.17. The standard InChI is InChI=1S/C24H19O4P/c1-16-13-14-17-8-2-3-9-18(17)22(16)23(26)24(19-10-4-5-11-20(19)25)15-7-6-12-21(24)29(27)28/h2-15,21H,1H3,(H-,25,27,28)/p+1. The molecule has 144 valence electrons. The number of ketones is 1. The Morgan fingerprint density at radius 2 is 1.72 bits per heavy atom. The number of aromatic hydroxyl groups is 1. The van der Waals surface area contributed by atoms with E-state index in [1.165, 1.54) is 6.07 Å². The van der Waals surface area contributed by atoms with Crippen LogP contribution in [-0.2, 0) is 9.98 Å². The largest absolute Gasteiger partial charge is 0.514 e. The van der Waals surface area contributed by atoms with Gasteiger partial charge in [-0.2, -0.15) is 4.89 Å². The third-order valence-corrected chi connectivity index (χ3v) is 6.61. The van der Waals surface area contributed by atoms with Crippen molar-refractivity contribution in [2.45, 2.75) is 18.0 Å². The molecule has 3 atom stereocenters. The Balaban J connectivity index is 2.07. The summed E-state index contributed by atoms with van der Waals surface area (Å²) >= 11 is 0. The summed E-state index contributed by atoms with van der Waals surface area (Å²) in [4.78, 5) is 24.3. The second kappa shape index (κ2) is 7.40. The molecular formula is C24H20O4P+. The molecular weight excluding hydrogens is 383 g/mol. The van der Waals surface area contributed by atoms with Gasteiger partial charge in [-0.25, -0.2) is 0 Å². The molecule has 3 aromatic rings. The Kier molecular flexibility index (Phi) is 4.91. The van der Waals surface area contributed by atoms with Crippen LogP contribution in [0.1, 0.15) is 21.5 Å². The number of aryl methyl sites for hydroxylation is 1. The van der Waals surface area contributed by atoms with Crippen molar-refractivity contribution in [1.29, 1.82) is 0 Å². The quantitative estimate of drug-likeness (QED) is 0.464. The summed E-state index contributed by atoms with van der Waals surface area (Å²) in [5.74, 6) is -0.392. The highest BCUT2D eigenvalue weighted by molar-refractivity contribution is 7.39. The van der Waals surface area contributed by atoms with Crippen LogP contribution in [0.25, 0.3) is 10.8 Å². The maximum atomic E-state index is 14.2. The zero-order chi connectivity index (χ0) is 20.6. The molecule has 4 rings (SSSR count). The lowest BCUT2D eigenvalue weighted by Crippen LogP contribution is -2.44. The molecule has 0 heterocycles. The van der Waals surface area contributed by atoms with Crippen molar-refractivity contribution in [3.8, 4) is 5.75 Å². The minimum absolute atomic E-state index is 0.0828. The zero-order valence-electron chi connectivity index (χ0n) is 15.8. The molecule has 1 aliphatic rings. The second-order valence-corrected chi connectivity index (χ2v) is 8.35. The van der Waals surface area contributed by atoms with Crippen molar-refractivity contribution >= 4 is 24.6 Å². The van der Waals surface area contributed by atoms with Gasteiger partial charge in [0.1, 0.15) is 11.2 Å². The van der Waals surface area contributed by atoms with Crippen LogP contribution in [0.3, 0.4) is 0 Å². The van der Waals surface area contributed by atoms with E-state index in [1.54, 1.807) is 42.5 Å². The molecule has 5 heteroatoms. The first-order valence-corrected chi connectivity index (χ1v) is 10.6. The first kappa shape index (κ1) is 19.3. The van der Waals surface area contributed by atoms with E-state index >= 15 is 0 Å². The Hall–Kier alpha value is -3.07. The molecule has 0 spiro atoms. The molecule has 4 nitrogen and oxygen atoms in total. The van der Waals surface area contributed by atoms with Gasteiger partial charge in [0.25, 0.3) is 0 Å². The average molecular weight is 403 g/mol. The van der Waals surface area contributed by atoms with E-state index < -0.39 is 19.1 Å². The topological polar surface area (TPSA) is 74.6 Å². The van der Waals surface area contributed by atoms with Gasteiger partial charge >= 0.3 is 8.03 Å². The van der Waals surface area contributed by atoms with Crippen LogP contribution >= 0.6 is 8.03 Å². The summed E-state index contributed by atoms with van der Waals surface area (Å²) in [6, 6.07) is 17.9. The van der Waals surface area contributed by atoms with Gasteiger partial charge in [0.05, 0.1) is 0 Å². The van der Waals surface area contributed by atoms with Gasteiger partial charge in [-0.15, -0.1) is 0 Å². The summed E-state index contributed by atoms with van der Waals surface area (Å²) in [7, 11) is -2.74. The number of hydrogen-bond acceptors (Lipinski definition) is 3. The van der Waals surface area contributed by atoms with E-state index in [4.69, 9.17) is 0 Å². The van der Waals surface area contributed by atoms with Gasteiger partial charge in [0, 0.05) is 11.1 Å². The van der Waals surface area contributed by atoms with Gasteiger partial charge in [-0.3, -0.25) is 4.79 Å². The highest BCUT2D eigenvalue weighted by atomic mass is 31.1. The lowest BCUT2D eigenvalue weighted by atomic mass is 9.68. The van der Waals surface area contributed by atoms with E-state index in [9.17, 15) is 19.4 Å². The third-order valence-electron chi connectivity index (χ3n) is 5.56. The Bertz CT molecular complexity index is 1190. The normalized spacial score (nSPS) is 21.3. The summed E-state index contributed by atoms with van der Waals surface area (Å²) in [5, 5.41) is 12.3. The number of carbonyl (C=O) groups excluding carboxylic acids is 1. The van der Waals surface area contributed by atoms with Crippen LogP contribution in [0.5, 0.6) is 5.75 Å². The summed E-state index contributed by atoms with van der Waals surface area (Å²) in [6.45, 7) is 1.86. The SMILES string of the molecule is Cc1ccc2ccccc2c1C(=O)C1(c2ccccc2O)C=CC=CC1[P+](=O)O. The molecule has 0 fully saturated rings. The molecule has 2 N–H and O–H groups in total. The van der Waals surface area contributed by atoms with Crippen LogP contribution < -0.4 is 0 Å². The molecule has 3 aromatic carbocycles. The fraction of sp³-hybridized carbons (Fsp3) is 0.125. The fourth-order valence-corrected chi connectivity index (χ4v) is 5.11. The minimum Gasteiger partial charge on any atom is -0.508 e. The number of Topliss-reactive ketones (excluding diaryl/α,β-unsaturated/α-hetero) is 1. The van der Waals surface area contributed by atoms with Crippen molar-refractivity contribution in [2.75, 3.05) is 0 Å². The van der Waals surface area contributed by atoms with Gasteiger partial charge in [-0.1, -0.05) is 72.8 Å². The number of phenols is 1. The number of carbonyl (C=O) groups is 1. The van der Waals surface area contributed by atoms with E-state index in [2.05, 4.69) is 0 Å². The Morgan fingerprint density at radius 3 is 2.48 bits per heavy atom. The summed E-state index contributed by atoms with van der Waals surface area (Å²) < 4.78 is 12.4. The lowest BCUT2D eigenvalue weighted by molar-refractivity contribution is 0.0916. The maximum absolute atomic E-state index is 14.2. The molecule has 3 unspecified atom stereocenters. The van der Waals surface area contributed by atoms with E-state index in [1.807, 2.05) is 43.3 Å². The summed E-state index contributed by atoms with van der Waals surface area (Å²) in [5.41, 5.74) is -0.898. The van der Waals surface area contributed by atoms with Crippen LogP contribution in [0.4, 0.5) is 0 Å². The first-order valence-electron chi connectivity index (χ1n) is 9.29. The van der Waals surface area contributed by atoms with Crippen LogP contribution in [0.15, 0.2) is 85.0 Å². The van der Waals surface area contributed by atoms with Gasteiger partial charge in [-0.05, 0) is 40.0 Å². The highest BCUT2D eigenvalue weighted by Crippen LogP contribution is 2.49. The smallest absolute Gasteiger partial charge is 0.508 e. The second-order valence-electron chi connectivity index (χ2n) is 7.19. The molecule has 29 heavy (non-hydrogen) atoms. The van der Waals surface area contributed by atoms with Gasteiger partial charge in [0.15, 0.2) is 5.78 Å². The number of fused-ring (bicyclic) bond motifs is 1. The zero-order valence-corrected chi connectivity index (χ0v) is 16.7. The number of phenolic OH excluding ortho intramolecular Hbond substituents is 1. The maximum Gasteiger partial charge on any atom is 0.514 e. The summed E-state index contributed by atoms with van der Waals surface area (Å²) in [6.07, 6.45) is 6.57. The highest BCUT2D eigenvalue weighted by Gasteiger charge is 2.56. The first-order chi connectivity index (χ1) is 14.0. The lowest BCUT2D eigenvalue weighted by Gasteiger charge is -2.32. The molecule has 0 bridgehead atoms. The van der Waals surface area contributed by atoms with Crippen molar-refractivity contribution in [1.82, 2.24) is 0 Å². The molecule has 1 aliphatic carbocycles. The van der Waals surface area contributed by atoms with Crippen molar-refractivity contribution < 1.29 is 19.4 Å². The van der Waals surface area contributed by atoms with Crippen molar-refractivity contribution in [3.63, 3.8) is 0 Å². The number of benzene rings is 3. The third kappa shape index (κ3) is 3.02. The Morgan fingerprint density at radius 1 is 1.00 bits per heavy atom. The van der Waals surface area contributed by atoms with E-state index in [-0.39, 0.29) is 11.5 Å². The predicted molar refractivity (Wildman–Crippen MR) is 115 cm³/mol. The minimum atomic E-state index is -2.74. The monoisotopic (exact) mass is 403 g/mol. The molecule has 0 amide bonds. The van der Waals surface area contributed by atoms with Crippen LogP contribution in [0.2, 0.25) is 0 Å². The molecule has 0 aliphatic heterocycles. The van der Waals surface area contributed by atoms with Crippen molar-refractivity contribution in [3.05, 3.63) is 102 Å².